The Labute approximate surface area is 187 Å². The van der Waals surface area contributed by atoms with Gasteiger partial charge in [0, 0.05) is 24.8 Å². The molecule has 1 aliphatic rings. The van der Waals surface area contributed by atoms with Gasteiger partial charge in [0.25, 0.3) is 0 Å². The fourth-order valence-corrected chi connectivity index (χ4v) is 3.80. The number of alkyl halides is 3. The Hall–Kier alpha value is -3.11. The number of rotatable bonds is 7. The number of aromatic hydroxyl groups is 1. The molecular weight excluding hydrogens is 442 g/mol. The van der Waals surface area contributed by atoms with E-state index in [0.29, 0.717) is 30.9 Å². The minimum absolute atomic E-state index is 0.000419. The van der Waals surface area contributed by atoms with Gasteiger partial charge in [-0.2, -0.15) is 13.2 Å². The molecular formula is C23H23F4N3O3. The summed E-state index contributed by atoms with van der Waals surface area (Å²) in [6.45, 7) is 0.139. The summed E-state index contributed by atoms with van der Waals surface area (Å²) in [5.74, 6) is -1.05. The first kappa shape index (κ1) is 23.1. The Morgan fingerprint density at radius 1 is 1.12 bits per heavy atom. The summed E-state index contributed by atoms with van der Waals surface area (Å²) >= 11 is 0. The molecule has 4 rings (SSSR count). The molecule has 33 heavy (non-hydrogen) atoms. The number of imidazole rings is 1. The van der Waals surface area contributed by atoms with Crippen LogP contribution in [0.5, 0.6) is 5.88 Å². The molecule has 0 amide bonds. The highest BCUT2D eigenvalue weighted by Crippen LogP contribution is 2.24. The number of benzene rings is 2. The van der Waals surface area contributed by atoms with Crippen molar-refractivity contribution in [1.29, 1.82) is 0 Å². The average Bonchev–Trinajstić information content (AvgIpc) is 3.37. The number of nitrogens with one attached hydrogen (secondary N) is 1. The number of aromatic nitrogens is 2. The molecule has 0 bridgehead atoms. The van der Waals surface area contributed by atoms with Crippen molar-refractivity contribution in [2.24, 2.45) is 0 Å². The molecule has 0 radical (unpaired) electrons. The smallest absolute Gasteiger partial charge is 0.406 e. The molecule has 0 aliphatic carbocycles. The first-order chi connectivity index (χ1) is 15.7. The first-order valence-electron chi connectivity index (χ1n) is 10.4. The van der Waals surface area contributed by atoms with Gasteiger partial charge in [-0.15, -0.1) is 0 Å². The van der Waals surface area contributed by atoms with Crippen molar-refractivity contribution in [1.82, 2.24) is 14.5 Å². The molecule has 176 valence electrons. The van der Waals surface area contributed by atoms with Crippen LogP contribution >= 0.6 is 0 Å². The van der Waals surface area contributed by atoms with Crippen LogP contribution in [-0.2, 0) is 24.4 Å². The second-order valence-electron chi connectivity index (χ2n) is 8.04. The van der Waals surface area contributed by atoms with Crippen LogP contribution in [-0.4, -0.2) is 39.7 Å². The molecule has 6 nitrogen and oxygen atoms in total. The maximum absolute atomic E-state index is 14.2. The molecule has 3 aromatic rings. The molecule has 2 heterocycles. The summed E-state index contributed by atoms with van der Waals surface area (Å²) in [4.78, 5) is 12.2. The van der Waals surface area contributed by atoms with Crippen LogP contribution in [0.15, 0.2) is 53.5 Å². The molecule has 2 N–H and O–H groups in total. The Morgan fingerprint density at radius 2 is 1.85 bits per heavy atom. The van der Waals surface area contributed by atoms with Crippen molar-refractivity contribution in [2.45, 2.75) is 38.3 Å². The van der Waals surface area contributed by atoms with Crippen molar-refractivity contribution < 1.29 is 27.4 Å². The third-order valence-electron chi connectivity index (χ3n) is 5.56. The summed E-state index contributed by atoms with van der Waals surface area (Å²) in [5, 5.41) is 13.0. The number of ether oxygens (including phenoxy) is 1. The number of hydrogen-bond acceptors (Lipinski definition) is 4. The molecule has 0 saturated carbocycles. The van der Waals surface area contributed by atoms with Gasteiger partial charge in [-0.1, -0.05) is 30.3 Å². The zero-order valence-electron chi connectivity index (χ0n) is 17.6. The lowest BCUT2D eigenvalue weighted by Crippen LogP contribution is -2.29. The Balaban J connectivity index is 1.47. The summed E-state index contributed by atoms with van der Waals surface area (Å²) in [6, 6.07) is 12.1. The minimum atomic E-state index is -4.62. The minimum Gasteiger partial charge on any atom is -0.493 e. The van der Waals surface area contributed by atoms with E-state index in [1.165, 1.54) is 6.07 Å². The SMILES string of the molecule is O=c1n(Cc2ccc(-c3ccc(F)c(CNC4CCOC4)c3)cc2)cc(O)n1CC(F)(F)F. The molecule has 1 aromatic heterocycles. The number of hydrogen-bond donors (Lipinski definition) is 2. The first-order valence-corrected chi connectivity index (χ1v) is 10.4. The molecule has 2 aromatic carbocycles. The van der Waals surface area contributed by atoms with Crippen molar-refractivity contribution in [3.05, 3.63) is 76.1 Å². The number of nitrogens with zero attached hydrogens (tertiary/aromatic N) is 2. The van der Waals surface area contributed by atoms with E-state index in [1.54, 1.807) is 36.4 Å². The lowest BCUT2D eigenvalue weighted by Gasteiger charge is -2.12. The van der Waals surface area contributed by atoms with E-state index in [1.807, 2.05) is 0 Å². The van der Waals surface area contributed by atoms with Crippen LogP contribution in [0.25, 0.3) is 11.1 Å². The summed E-state index contributed by atoms with van der Waals surface area (Å²) in [7, 11) is 0. The highest BCUT2D eigenvalue weighted by Gasteiger charge is 2.30. The van der Waals surface area contributed by atoms with Crippen molar-refractivity contribution in [2.75, 3.05) is 13.2 Å². The third kappa shape index (κ3) is 5.63. The van der Waals surface area contributed by atoms with Crippen LogP contribution in [0, 0.1) is 5.82 Å². The summed E-state index contributed by atoms with van der Waals surface area (Å²) in [5.41, 5.74) is 1.89. The quantitative estimate of drug-likeness (QED) is 0.523. The molecule has 1 atom stereocenters. The van der Waals surface area contributed by atoms with Crippen molar-refractivity contribution in [3.8, 4) is 17.0 Å². The molecule has 1 saturated heterocycles. The van der Waals surface area contributed by atoms with E-state index >= 15 is 0 Å². The second kappa shape index (κ2) is 9.40. The average molecular weight is 465 g/mol. The van der Waals surface area contributed by atoms with Gasteiger partial charge in [0.05, 0.1) is 19.3 Å². The highest BCUT2D eigenvalue weighted by atomic mass is 19.4. The summed E-state index contributed by atoms with van der Waals surface area (Å²) < 4.78 is 58.7. The van der Waals surface area contributed by atoms with Gasteiger partial charge >= 0.3 is 11.9 Å². The largest absolute Gasteiger partial charge is 0.493 e. The fraction of sp³-hybridized carbons (Fsp3) is 0.348. The fourth-order valence-electron chi connectivity index (χ4n) is 3.80. The second-order valence-corrected chi connectivity index (χ2v) is 8.04. The van der Waals surface area contributed by atoms with Gasteiger partial charge < -0.3 is 15.2 Å². The standard InChI is InChI=1S/C23H23F4N3O3/c24-20-6-5-17(9-18(20)10-28-19-7-8-33-13-19)16-3-1-15(2-4-16)11-29-12-21(31)30(22(29)32)14-23(25,26)27/h1-6,9,12,19,28,31H,7-8,10-11,13-14H2. The highest BCUT2D eigenvalue weighted by molar-refractivity contribution is 5.64. The third-order valence-corrected chi connectivity index (χ3v) is 5.56. The lowest BCUT2D eigenvalue weighted by atomic mass is 10.0. The molecule has 1 unspecified atom stereocenters. The normalized spacial score (nSPS) is 16.4. The Morgan fingerprint density at radius 3 is 2.52 bits per heavy atom. The number of halogens is 4. The van der Waals surface area contributed by atoms with Crippen LogP contribution < -0.4 is 11.0 Å². The zero-order chi connectivity index (χ0) is 23.6. The van der Waals surface area contributed by atoms with Crippen LogP contribution in [0.1, 0.15) is 17.5 Å². The van der Waals surface area contributed by atoms with E-state index < -0.39 is 24.3 Å². The van der Waals surface area contributed by atoms with E-state index in [2.05, 4.69) is 5.32 Å². The van der Waals surface area contributed by atoms with Crippen LogP contribution in [0.3, 0.4) is 0 Å². The van der Waals surface area contributed by atoms with Crippen molar-refractivity contribution >= 4 is 0 Å². The van der Waals surface area contributed by atoms with Gasteiger partial charge in [-0.25, -0.2) is 9.18 Å². The van der Waals surface area contributed by atoms with Gasteiger partial charge in [0.15, 0.2) is 0 Å². The monoisotopic (exact) mass is 465 g/mol. The van der Waals surface area contributed by atoms with E-state index in [9.17, 15) is 27.5 Å². The summed E-state index contributed by atoms with van der Waals surface area (Å²) in [6.07, 6.45) is -2.75. The Kier molecular flexibility index (Phi) is 6.57. The zero-order valence-corrected chi connectivity index (χ0v) is 17.6. The maximum atomic E-state index is 14.2. The van der Waals surface area contributed by atoms with Gasteiger partial charge in [-0.05, 0) is 35.2 Å². The Bertz CT molecular complexity index is 1160. The lowest BCUT2D eigenvalue weighted by molar-refractivity contribution is -0.142. The van der Waals surface area contributed by atoms with E-state index in [-0.39, 0.29) is 23.0 Å². The van der Waals surface area contributed by atoms with Gasteiger partial charge in [0.1, 0.15) is 12.4 Å². The van der Waals surface area contributed by atoms with E-state index in [4.69, 9.17) is 4.74 Å². The molecule has 10 heteroatoms. The topological polar surface area (TPSA) is 68.4 Å². The molecule has 0 spiro atoms. The van der Waals surface area contributed by atoms with Crippen LogP contribution in [0.2, 0.25) is 0 Å². The van der Waals surface area contributed by atoms with Crippen LogP contribution in [0.4, 0.5) is 17.6 Å². The maximum Gasteiger partial charge on any atom is 0.406 e. The predicted molar refractivity (Wildman–Crippen MR) is 113 cm³/mol. The molecule has 1 aliphatic heterocycles. The van der Waals surface area contributed by atoms with Gasteiger partial charge in [-0.3, -0.25) is 9.13 Å². The van der Waals surface area contributed by atoms with Gasteiger partial charge in [0.2, 0.25) is 5.88 Å². The van der Waals surface area contributed by atoms with Crippen molar-refractivity contribution in [3.63, 3.8) is 0 Å². The predicted octanol–water partition coefficient (Wildman–Crippen LogP) is 3.65. The van der Waals surface area contributed by atoms with E-state index in [0.717, 1.165) is 28.3 Å². The molecule has 1 fully saturated rings.